The number of nitrogens with one attached hydrogen (secondary N) is 1. The molecule has 0 saturated heterocycles. The van der Waals surface area contributed by atoms with Crippen molar-refractivity contribution in [2.75, 3.05) is 5.32 Å². The van der Waals surface area contributed by atoms with Gasteiger partial charge in [0.1, 0.15) is 5.75 Å². The second kappa shape index (κ2) is 4.89. The quantitative estimate of drug-likeness (QED) is 0.688. The molecule has 2 N–H and O–H groups in total. The third kappa shape index (κ3) is 2.21. The largest absolute Gasteiger partial charge is 0.507 e. The number of phenolic OH excluding ortho intramolecular Hbond substituents is 1. The Bertz CT molecular complexity index is 757. The summed E-state index contributed by atoms with van der Waals surface area (Å²) < 4.78 is 0. The smallest absolute Gasteiger partial charge is 0.123 e. The summed E-state index contributed by atoms with van der Waals surface area (Å²) in [4.78, 5) is 0. The normalized spacial score (nSPS) is 10.7. The van der Waals surface area contributed by atoms with Crippen LogP contribution in [0.1, 0.15) is 11.1 Å². The van der Waals surface area contributed by atoms with Crippen molar-refractivity contribution < 1.29 is 5.11 Å². The first-order valence-corrected chi connectivity index (χ1v) is 6.70. The summed E-state index contributed by atoms with van der Waals surface area (Å²) in [5.41, 5.74) is 4.53. The molecule has 0 unspecified atom stereocenters. The highest BCUT2D eigenvalue weighted by Crippen LogP contribution is 2.30. The first kappa shape index (κ1) is 12.5. The number of fused-ring (bicyclic) bond motifs is 1. The van der Waals surface area contributed by atoms with Crippen LogP contribution in [0.3, 0.4) is 0 Å². The molecule has 0 fully saturated rings. The van der Waals surface area contributed by atoms with E-state index < -0.39 is 0 Å². The molecular weight excluding hydrogens is 246 g/mol. The third-order valence-electron chi connectivity index (χ3n) is 3.61. The fourth-order valence-corrected chi connectivity index (χ4v) is 2.49. The van der Waals surface area contributed by atoms with Gasteiger partial charge in [-0.1, -0.05) is 36.4 Å². The van der Waals surface area contributed by atoms with Gasteiger partial charge in [-0.3, -0.25) is 0 Å². The SMILES string of the molecule is Cc1cccc(C)c1Nc1ccc2cccc(O)c2c1. The van der Waals surface area contributed by atoms with Crippen molar-refractivity contribution in [3.05, 3.63) is 65.7 Å². The lowest BCUT2D eigenvalue weighted by atomic mass is 10.1. The van der Waals surface area contributed by atoms with E-state index in [4.69, 9.17) is 0 Å². The van der Waals surface area contributed by atoms with Gasteiger partial charge in [-0.2, -0.15) is 0 Å². The molecule has 0 heterocycles. The van der Waals surface area contributed by atoms with E-state index in [1.807, 2.05) is 30.3 Å². The number of rotatable bonds is 2. The Kier molecular flexibility index (Phi) is 3.07. The van der Waals surface area contributed by atoms with Crippen LogP contribution < -0.4 is 5.32 Å². The zero-order valence-electron chi connectivity index (χ0n) is 11.6. The fraction of sp³-hybridized carbons (Fsp3) is 0.111. The van der Waals surface area contributed by atoms with Gasteiger partial charge in [0, 0.05) is 16.8 Å². The number of hydrogen-bond donors (Lipinski definition) is 2. The molecule has 0 saturated carbocycles. The van der Waals surface area contributed by atoms with Crippen molar-refractivity contribution in [1.29, 1.82) is 0 Å². The molecule has 2 heteroatoms. The van der Waals surface area contributed by atoms with Gasteiger partial charge in [-0.05, 0) is 48.6 Å². The van der Waals surface area contributed by atoms with Crippen LogP contribution in [-0.4, -0.2) is 5.11 Å². The number of para-hydroxylation sites is 1. The van der Waals surface area contributed by atoms with Crippen molar-refractivity contribution >= 4 is 22.1 Å². The zero-order valence-corrected chi connectivity index (χ0v) is 11.6. The number of anilines is 2. The van der Waals surface area contributed by atoms with E-state index in [0.717, 1.165) is 22.1 Å². The molecule has 0 aliphatic heterocycles. The minimum atomic E-state index is 0.313. The van der Waals surface area contributed by atoms with Gasteiger partial charge in [-0.15, -0.1) is 0 Å². The van der Waals surface area contributed by atoms with Gasteiger partial charge in [0.2, 0.25) is 0 Å². The van der Waals surface area contributed by atoms with Gasteiger partial charge >= 0.3 is 0 Å². The highest BCUT2D eigenvalue weighted by atomic mass is 16.3. The van der Waals surface area contributed by atoms with Gasteiger partial charge in [0.05, 0.1) is 0 Å². The summed E-state index contributed by atoms with van der Waals surface area (Å²) >= 11 is 0. The Morgan fingerprint density at radius 3 is 2.30 bits per heavy atom. The summed E-state index contributed by atoms with van der Waals surface area (Å²) in [6.07, 6.45) is 0. The van der Waals surface area contributed by atoms with Gasteiger partial charge < -0.3 is 10.4 Å². The standard InChI is InChI=1S/C18H17NO/c1-12-5-3-6-13(2)18(12)19-15-10-9-14-7-4-8-17(20)16(14)11-15/h3-11,19-20H,1-2H3. The lowest BCUT2D eigenvalue weighted by molar-refractivity contribution is 0.481. The molecule has 0 aliphatic rings. The molecule has 3 aromatic carbocycles. The molecule has 100 valence electrons. The molecule has 0 spiro atoms. The number of hydrogen-bond acceptors (Lipinski definition) is 2. The predicted octanol–water partition coefficient (Wildman–Crippen LogP) is 4.91. The molecule has 3 rings (SSSR count). The van der Waals surface area contributed by atoms with Crippen LogP contribution in [0.15, 0.2) is 54.6 Å². The first-order chi connectivity index (χ1) is 9.65. The molecule has 0 bridgehead atoms. The molecule has 3 aromatic rings. The van der Waals surface area contributed by atoms with E-state index in [1.54, 1.807) is 6.07 Å². The average molecular weight is 263 g/mol. The van der Waals surface area contributed by atoms with Crippen molar-refractivity contribution in [2.45, 2.75) is 13.8 Å². The second-order valence-corrected chi connectivity index (χ2v) is 5.10. The summed E-state index contributed by atoms with van der Waals surface area (Å²) in [6, 6.07) is 17.8. The molecule has 0 aliphatic carbocycles. The fourth-order valence-electron chi connectivity index (χ4n) is 2.49. The lowest BCUT2D eigenvalue weighted by Gasteiger charge is -2.13. The number of aryl methyl sites for hydroxylation is 2. The molecule has 20 heavy (non-hydrogen) atoms. The lowest BCUT2D eigenvalue weighted by Crippen LogP contribution is -1.95. The van der Waals surface area contributed by atoms with Crippen LogP contribution in [0, 0.1) is 13.8 Å². The maximum absolute atomic E-state index is 9.94. The van der Waals surface area contributed by atoms with E-state index in [1.165, 1.54) is 11.1 Å². The zero-order chi connectivity index (χ0) is 14.1. The van der Waals surface area contributed by atoms with Crippen molar-refractivity contribution in [1.82, 2.24) is 0 Å². The van der Waals surface area contributed by atoms with E-state index in [9.17, 15) is 5.11 Å². The van der Waals surface area contributed by atoms with Gasteiger partial charge in [-0.25, -0.2) is 0 Å². The topological polar surface area (TPSA) is 32.3 Å². The van der Waals surface area contributed by atoms with Gasteiger partial charge in [0.15, 0.2) is 0 Å². The molecule has 2 nitrogen and oxygen atoms in total. The Labute approximate surface area is 118 Å². The maximum atomic E-state index is 9.94. The molecular formula is C18H17NO. The number of phenols is 1. The molecule has 0 radical (unpaired) electrons. The van der Waals surface area contributed by atoms with E-state index >= 15 is 0 Å². The maximum Gasteiger partial charge on any atom is 0.123 e. The second-order valence-electron chi connectivity index (χ2n) is 5.10. The van der Waals surface area contributed by atoms with Crippen LogP contribution in [0.25, 0.3) is 10.8 Å². The molecule has 0 aromatic heterocycles. The Balaban J connectivity index is 2.05. The van der Waals surface area contributed by atoms with E-state index in [-0.39, 0.29) is 0 Å². The number of benzene rings is 3. The Morgan fingerprint density at radius 2 is 1.55 bits per heavy atom. The van der Waals surface area contributed by atoms with Crippen LogP contribution in [0.4, 0.5) is 11.4 Å². The van der Waals surface area contributed by atoms with Crippen molar-refractivity contribution in [3.63, 3.8) is 0 Å². The predicted molar refractivity (Wildman–Crippen MR) is 84.8 cm³/mol. The van der Waals surface area contributed by atoms with Crippen LogP contribution >= 0.6 is 0 Å². The minimum absolute atomic E-state index is 0.313. The monoisotopic (exact) mass is 263 g/mol. The van der Waals surface area contributed by atoms with Crippen molar-refractivity contribution in [2.24, 2.45) is 0 Å². The summed E-state index contributed by atoms with van der Waals surface area (Å²) in [6.45, 7) is 4.18. The highest BCUT2D eigenvalue weighted by molar-refractivity contribution is 5.91. The van der Waals surface area contributed by atoms with Crippen LogP contribution in [0.5, 0.6) is 5.75 Å². The third-order valence-corrected chi connectivity index (χ3v) is 3.61. The Morgan fingerprint density at radius 1 is 0.850 bits per heavy atom. The Hall–Kier alpha value is -2.48. The summed E-state index contributed by atoms with van der Waals surface area (Å²) in [7, 11) is 0. The highest BCUT2D eigenvalue weighted by Gasteiger charge is 2.04. The average Bonchev–Trinajstić information content (AvgIpc) is 2.44. The number of aromatic hydroxyl groups is 1. The summed E-state index contributed by atoms with van der Waals surface area (Å²) in [5.74, 6) is 0.313. The molecule has 0 amide bonds. The first-order valence-electron chi connectivity index (χ1n) is 6.70. The minimum Gasteiger partial charge on any atom is -0.507 e. The van der Waals surface area contributed by atoms with Gasteiger partial charge in [0.25, 0.3) is 0 Å². The van der Waals surface area contributed by atoms with Crippen molar-refractivity contribution in [3.8, 4) is 5.75 Å². The van der Waals surface area contributed by atoms with Crippen LogP contribution in [-0.2, 0) is 0 Å². The van der Waals surface area contributed by atoms with E-state index in [0.29, 0.717) is 5.75 Å². The summed E-state index contributed by atoms with van der Waals surface area (Å²) in [5, 5.41) is 15.3. The van der Waals surface area contributed by atoms with E-state index in [2.05, 4.69) is 37.4 Å². The molecule has 0 atom stereocenters. The van der Waals surface area contributed by atoms with Crippen LogP contribution in [0.2, 0.25) is 0 Å².